The molecule has 2 unspecified atom stereocenters. The van der Waals surface area contributed by atoms with E-state index >= 15 is 0 Å². The lowest BCUT2D eigenvalue weighted by Crippen LogP contribution is -2.44. The molecule has 1 N–H and O–H groups in total. The van der Waals surface area contributed by atoms with Crippen LogP contribution in [-0.2, 0) is 4.74 Å². The third-order valence-corrected chi connectivity index (χ3v) is 4.40. The van der Waals surface area contributed by atoms with Gasteiger partial charge in [0.25, 0.3) is 0 Å². The van der Waals surface area contributed by atoms with Gasteiger partial charge in [-0.05, 0) is 58.4 Å². The predicted molar refractivity (Wildman–Crippen MR) is 67.5 cm³/mol. The molecule has 1 saturated carbocycles. The van der Waals surface area contributed by atoms with Gasteiger partial charge in [-0.25, -0.2) is 0 Å². The van der Waals surface area contributed by atoms with Gasteiger partial charge in [-0.15, -0.1) is 0 Å². The van der Waals surface area contributed by atoms with Gasteiger partial charge in [-0.1, -0.05) is 13.8 Å². The van der Waals surface area contributed by atoms with Gasteiger partial charge in [-0.2, -0.15) is 0 Å². The third-order valence-electron chi connectivity index (χ3n) is 4.40. The average Bonchev–Trinajstić information content (AvgIpc) is 2.57. The van der Waals surface area contributed by atoms with Crippen LogP contribution in [0.3, 0.4) is 0 Å². The molecule has 0 aromatic rings. The molecule has 2 atom stereocenters. The summed E-state index contributed by atoms with van der Waals surface area (Å²) in [4.78, 5) is 0. The Morgan fingerprint density at radius 3 is 2.00 bits per heavy atom. The minimum absolute atomic E-state index is 0.0253. The second-order valence-electron chi connectivity index (χ2n) is 7.52. The third kappa shape index (κ3) is 2.43. The van der Waals surface area contributed by atoms with E-state index in [2.05, 4.69) is 46.9 Å². The summed E-state index contributed by atoms with van der Waals surface area (Å²) in [6.07, 6.45) is 2.49. The Bertz CT molecular complexity index is 280. The molecule has 16 heavy (non-hydrogen) atoms. The van der Waals surface area contributed by atoms with Gasteiger partial charge in [0.2, 0.25) is 0 Å². The van der Waals surface area contributed by atoms with Crippen molar-refractivity contribution in [2.24, 2.45) is 11.3 Å². The second kappa shape index (κ2) is 3.46. The highest BCUT2D eigenvalue weighted by molar-refractivity contribution is 5.02. The van der Waals surface area contributed by atoms with Crippen LogP contribution < -0.4 is 5.32 Å². The molecule has 94 valence electrons. The van der Waals surface area contributed by atoms with Gasteiger partial charge < -0.3 is 10.1 Å². The van der Waals surface area contributed by atoms with E-state index in [1.807, 2.05) is 0 Å². The van der Waals surface area contributed by atoms with Crippen molar-refractivity contribution in [3.05, 3.63) is 0 Å². The lowest BCUT2D eigenvalue weighted by molar-refractivity contribution is -0.0698. The smallest absolute Gasteiger partial charge is 0.0787 e. The summed E-state index contributed by atoms with van der Waals surface area (Å²) in [6.45, 7) is 14.7. The normalized spacial score (nSPS) is 38.6. The number of hydrogen-bond acceptors (Lipinski definition) is 2. The largest absolute Gasteiger partial charge is 0.368 e. The first-order valence-electron chi connectivity index (χ1n) is 6.56. The molecule has 1 heterocycles. The molecule has 0 spiro atoms. The molecule has 2 aliphatic rings. The number of rotatable bonds is 3. The van der Waals surface area contributed by atoms with Crippen LogP contribution in [0.25, 0.3) is 0 Å². The van der Waals surface area contributed by atoms with Crippen molar-refractivity contribution in [3.8, 4) is 0 Å². The fraction of sp³-hybridized carbons (Fsp3) is 1.00. The monoisotopic (exact) mass is 225 g/mol. The highest BCUT2D eigenvalue weighted by Gasteiger charge is 2.49. The molecule has 2 heteroatoms. The first kappa shape index (κ1) is 12.4. The Labute approximate surface area is 100 Å². The van der Waals surface area contributed by atoms with Gasteiger partial charge >= 0.3 is 0 Å². The van der Waals surface area contributed by atoms with Crippen LogP contribution in [-0.4, -0.2) is 23.8 Å². The fourth-order valence-corrected chi connectivity index (χ4v) is 3.09. The molecule has 0 aromatic heterocycles. The van der Waals surface area contributed by atoms with Gasteiger partial charge in [-0.3, -0.25) is 0 Å². The zero-order valence-electron chi connectivity index (χ0n) is 11.7. The van der Waals surface area contributed by atoms with Gasteiger partial charge in [0.05, 0.1) is 11.2 Å². The molecule has 1 aliphatic carbocycles. The summed E-state index contributed by atoms with van der Waals surface area (Å²) < 4.78 is 6.09. The quantitative estimate of drug-likeness (QED) is 0.797. The lowest BCUT2D eigenvalue weighted by atomic mass is 9.94. The van der Waals surface area contributed by atoms with Gasteiger partial charge in [0.15, 0.2) is 0 Å². The maximum absolute atomic E-state index is 6.09. The van der Waals surface area contributed by atoms with E-state index in [0.717, 1.165) is 18.9 Å². The van der Waals surface area contributed by atoms with Crippen molar-refractivity contribution >= 4 is 0 Å². The summed E-state index contributed by atoms with van der Waals surface area (Å²) in [5, 5.41) is 3.72. The Morgan fingerprint density at radius 2 is 1.62 bits per heavy atom. The zero-order chi connectivity index (χ0) is 12.2. The topological polar surface area (TPSA) is 21.3 Å². The molecule has 0 amide bonds. The minimum atomic E-state index is -0.0253. The molecule has 2 nitrogen and oxygen atoms in total. The summed E-state index contributed by atoms with van der Waals surface area (Å²) in [5.74, 6) is 0.868. The zero-order valence-corrected chi connectivity index (χ0v) is 11.7. The number of ether oxygens (including phenoxy) is 1. The Balaban J connectivity index is 1.86. The van der Waals surface area contributed by atoms with Crippen LogP contribution in [0.5, 0.6) is 0 Å². The van der Waals surface area contributed by atoms with E-state index in [0.29, 0.717) is 11.5 Å². The maximum Gasteiger partial charge on any atom is 0.0787 e. The van der Waals surface area contributed by atoms with Gasteiger partial charge in [0.1, 0.15) is 0 Å². The van der Waals surface area contributed by atoms with Crippen molar-refractivity contribution in [1.29, 1.82) is 0 Å². The predicted octanol–water partition coefficient (Wildman–Crippen LogP) is 2.97. The highest BCUT2D eigenvalue weighted by atomic mass is 16.5. The van der Waals surface area contributed by atoms with Crippen molar-refractivity contribution in [2.75, 3.05) is 6.54 Å². The summed E-state index contributed by atoms with van der Waals surface area (Å²) >= 11 is 0. The lowest BCUT2D eigenvalue weighted by Gasteiger charge is -2.28. The molecular weight excluding hydrogens is 198 g/mol. The van der Waals surface area contributed by atoms with Crippen LogP contribution in [0.15, 0.2) is 0 Å². The molecule has 2 fully saturated rings. The molecule has 0 aromatic carbocycles. The van der Waals surface area contributed by atoms with Crippen molar-refractivity contribution in [2.45, 2.75) is 71.6 Å². The van der Waals surface area contributed by atoms with E-state index in [1.54, 1.807) is 0 Å². The minimum Gasteiger partial charge on any atom is -0.368 e. The van der Waals surface area contributed by atoms with Crippen LogP contribution in [0.4, 0.5) is 0 Å². The SMILES string of the molecule is CC1(C)CC(NCC2CC2(C)C)C(C)(C)O1. The van der Waals surface area contributed by atoms with E-state index in [-0.39, 0.29) is 11.2 Å². The molecule has 0 bridgehead atoms. The van der Waals surface area contributed by atoms with Crippen LogP contribution >= 0.6 is 0 Å². The maximum atomic E-state index is 6.09. The first-order valence-corrected chi connectivity index (χ1v) is 6.56. The molecule has 0 radical (unpaired) electrons. The van der Waals surface area contributed by atoms with Gasteiger partial charge in [0, 0.05) is 6.04 Å². The average molecular weight is 225 g/mol. The van der Waals surface area contributed by atoms with E-state index in [9.17, 15) is 0 Å². The summed E-state index contributed by atoms with van der Waals surface area (Å²) in [5.41, 5.74) is 0.578. The first-order chi connectivity index (χ1) is 7.12. The molecule has 1 aliphatic heterocycles. The van der Waals surface area contributed by atoms with E-state index in [1.165, 1.54) is 6.42 Å². The van der Waals surface area contributed by atoms with Crippen molar-refractivity contribution in [1.82, 2.24) is 5.32 Å². The Hall–Kier alpha value is -0.0800. The standard InChI is InChI=1S/C14H27NO/c1-12(2)7-10(12)9-15-11-8-13(3,4)16-14(11,5)6/h10-11,15H,7-9H2,1-6H3. The van der Waals surface area contributed by atoms with Crippen molar-refractivity contribution in [3.63, 3.8) is 0 Å². The second-order valence-corrected chi connectivity index (χ2v) is 7.52. The summed E-state index contributed by atoms with van der Waals surface area (Å²) in [6, 6.07) is 0.499. The van der Waals surface area contributed by atoms with Crippen molar-refractivity contribution < 1.29 is 4.74 Å². The summed E-state index contributed by atoms with van der Waals surface area (Å²) in [7, 11) is 0. The number of hydrogen-bond donors (Lipinski definition) is 1. The molecule has 1 saturated heterocycles. The molecular formula is C14H27NO. The van der Waals surface area contributed by atoms with Crippen LogP contribution in [0.1, 0.15) is 54.4 Å². The highest BCUT2D eigenvalue weighted by Crippen LogP contribution is 2.51. The molecule has 2 rings (SSSR count). The van der Waals surface area contributed by atoms with Crippen LogP contribution in [0.2, 0.25) is 0 Å². The van der Waals surface area contributed by atoms with Crippen LogP contribution in [0, 0.1) is 11.3 Å². The fourth-order valence-electron chi connectivity index (χ4n) is 3.09. The Kier molecular flexibility index (Phi) is 2.67. The Morgan fingerprint density at radius 1 is 1.06 bits per heavy atom. The van der Waals surface area contributed by atoms with E-state index < -0.39 is 0 Å². The van der Waals surface area contributed by atoms with E-state index in [4.69, 9.17) is 4.74 Å². The number of nitrogens with one attached hydrogen (secondary N) is 1.